The molecule has 0 aliphatic carbocycles. The molecule has 2 heterocycles. The molecule has 1 aliphatic rings. The molecule has 1 aromatic heterocycles. The summed E-state index contributed by atoms with van der Waals surface area (Å²) in [7, 11) is 0.121. The van der Waals surface area contributed by atoms with E-state index in [0.29, 0.717) is 12.5 Å². The number of aromatic nitrogens is 1. The monoisotopic (exact) mass is 313 g/mol. The van der Waals surface area contributed by atoms with Crippen LogP contribution in [0.15, 0.2) is 23.2 Å². The lowest BCUT2D eigenvalue weighted by molar-refractivity contribution is 0.202. The molecular formula is C13H23N5O2S. The number of nitrogens with one attached hydrogen (secondary N) is 1. The van der Waals surface area contributed by atoms with Crippen LogP contribution >= 0.6 is 0 Å². The number of pyridine rings is 1. The maximum Gasteiger partial charge on any atom is 0.246 e. The summed E-state index contributed by atoms with van der Waals surface area (Å²) in [4.78, 5) is 6.33. The highest BCUT2D eigenvalue weighted by molar-refractivity contribution is 7.89. The van der Waals surface area contributed by atoms with Crippen LogP contribution in [0.2, 0.25) is 0 Å². The fourth-order valence-electron chi connectivity index (χ4n) is 2.58. The third-order valence-corrected chi connectivity index (χ3v) is 5.80. The van der Waals surface area contributed by atoms with E-state index >= 15 is 0 Å². The zero-order chi connectivity index (χ0) is 15.5. The van der Waals surface area contributed by atoms with Crippen molar-refractivity contribution in [2.75, 3.05) is 39.2 Å². The Labute approximate surface area is 126 Å². The number of anilines is 1. The molecule has 0 unspecified atom stereocenters. The van der Waals surface area contributed by atoms with Crippen LogP contribution < -0.4 is 11.3 Å². The number of hydrogen-bond donors (Lipinski definition) is 2. The van der Waals surface area contributed by atoms with Gasteiger partial charge in [-0.05, 0) is 51.0 Å². The Kier molecular flexibility index (Phi) is 5.15. The number of hydrazine groups is 1. The Morgan fingerprint density at radius 2 is 2.14 bits per heavy atom. The van der Waals surface area contributed by atoms with Crippen LogP contribution in [-0.2, 0) is 10.0 Å². The standard InChI is InChI=1S/C13H23N5O2S/c1-17-8-5-11(6-9-17)10-18(2)21(19,20)12-4-3-7-15-13(12)16-14/h3-4,7,11H,5-6,8-10,14H2,1-2H3,(H,15,16). The quantitative estimate of drug-likeness (QED) is 0.601. The van der Waals surface area contributed by atoms with Crippen molar-refractivity contribution in [1.82, 2.24) is 14.2 Å². The van der Waals surface area contributed by atoms with E-state index in [-0.39, 0.29) is 10.7 Å². The lowest BCUT2D eigenvalue weighted by Crippen LogP contribution is -2.38. The molecule has 0 spiro atoms. The third kappa shape index (κ3) is 3.70. The highest BCUT2D eigenvalue weighted by Crippen LogP contribution is 2.24. The zero-order valence-corrected chi connectivity index (χ0v) is 13.3. The van der Waals surface area contributed by atoms with Gasteiger partial charge in [-0.2, -0.15) is 0 Å². The minimum Gasteiger partial charge on any atom is -0.307 e. The highest BCUT2D eigenvalue weighted by atomic mass is 32.2. The van der Waals surface area contributed by atoms with Crippen LogP contribution in [0.4, 0.5) is 5.82 Å². The van der Waals surface area contributed by atoms with E-state index < -0.39 is 10.0 Å². The molecule has 3 N–H and O–H groups in total. The second-order valence-corrected chi connectivity index (χ2v) is 7.54. The summed E-state index contributed by atoms with van der Waals surface area (Å²) in [6, 6.07) is 3.11. The van der Waals surface area contributed by atoms with Crippen molar-refractivity contribution < 1.29 is 8.42 Å². The minimum atomic E-state index is -3.58. The smallest absolute Gasteiger partial charge is 0.246 e. The molecule has 118 valence electrons. The average molecular weight is 313 g/mol. The number of nitrogens with two attached hydrogens (primary N) is 1. The molecule has 1 saturated heterocycles. The summed E-state index contributed by atoms with van der Waals surface area (Å²) in [6.45, 7) is 2.55. The van der Waals surface area contributed by atoms with Gasteiger partial charge in [0.15, 0.2) is 5.82 Å². The number of nitrogen functional groups attached to an aromatic ring is 1. The molecular weight excluding hydrogens is 290 g/mol. The molecule has 21 heavy (non-hydrogen) atoms. The molecule has 0 saturated carbocycles. The Morgan fingerprint density at radius 1 is 1.48 bits per heavy atom. The van der Waals surface area contributed by atoms with Gasteiger partial charge in [0.2, 0.25) is 10.0 Å². The van der Waals surface area contributed by atoms with Crippen molar-refractivity contribution in [3.8, 4) is 0 Å². The summed E-state index contributed by atoms with van der Waals surface area (Å²) in [5, 5.41) is 0. The Hall–Kier alpha value is -1.22. The summed E-state index contributed by atoms with van der Waals surface area (Å²) in [5.74, 6) is 5.92. The van der Waals surface area contributed by atoms with Gasteiger partial charge >= 0.3 is 0 Å². The Bertz CT molecular complexity index is 570. The zero-order valence-electron chi connectivity index (χ0n) is 12.5. The number of sulfonamides is 1. The number of likely N-dealkylation sites (tertiary alicyclic amines) is 1. The first-order chi connectivity index (χ1) is 9.95. The van der Waals surface area contributed by atoms with E-state index in [1.165, 1.54) is 16.6 Å². The highest BCUT2D eigenvalue weighted by Gasteiger charge is 2.27. The number of nitrogens with zero attached hydrogens (tertiary/aromatic N) is 3. The lowest BCUT2D eigenvalue weighted by atomic mass is 9.97. The molecule has 7 nitrogen and oxygen atoms in total. The van der Waals surface area contributed by atoms with Gasteiger partial charge in [0.1, 0.15) is 4.90 Å². The van der Waals surface area contributed by atoms with Crippen molar-refractivity contribution in [1.29, 1.82) is 0 Å². The van der Waals surface area contributed by atoms with E-state index in [1.54, 1.807) is 13.1 Å². The fraction of sp³-hybridized carbons (Fsp3) is 0.615. The average Bonchev–Trinajstić information content (AvgIpc) is 2.49. The van der Waals surface area contributed by atoms with Gasteiger partial charge in [0.25, 0.3) is 0 Å². The van der Waals surface area contributed by atoms with Crippen LogP contribution in [0.1, 0.15) is 12.8 Å². The molecule has 2 rings (SSSR count). The van der Waals surface area contributed by atoms with E-state index in [4.69, 9.17) is 5.84 Å². The predicted octanol–water partition coefficient (Wildman–Crippen LogP) is 0.330. The normalized spacial score (nSPS) is 18.1. The van der Waals surface area contributed by atoms with Crippen molar-refractivity contribution in [3.05, 3.63) is 18.3 Å². The summed E-state index contributed by atoms with van der Waals surface area (Å²) >= 11 is 0. The van der Waals surface area contributed by atoms with Crippen LogP contribution in [0.5, 0.6) is 0 Å². The minimum absolute atomic E-state index is 0.114. The van der Waals surface area contributed by atoms with Gasteiger partial charge in [-0.25, -0.2) is 23.5 Å². The predicted molar refractivity (Wildman–Crippen MR) is 82.1 cm³/mol. The third-order valence-electron chi connectivity index (χ3n) is 3.95. The topological polar surface area (TPSA) is 91.6 Å². The largest absolute Gasteiger partial charge is 0.307 e. The maximum absolute atomic E-state index is 12.6. The fourth-order valence-corrected chi connectivity index (χ4v) is 3.93. The van der Waals surface area contributed by atoms with Gasteiger partial charge in [0.05, 0.1) is 0 Å². The van der Waals surface area contributed by atoms with Crippen LogP contribution in [0, 0.1) is 5.92 Å². The summed E-state index contributed by atoms with van der Waals surface area (Å²) in [6.07, 6.45) is 3.54. The van der Waals surface area contributed by atoms with E-state index in [9.17, 15) is 8.42 Å². The second-order valence-electron chi connectivity index (χ2n) is 5.53. The SMILES string of the molecule is CN1CCC(CN(C)S(=O)(=O)c2cccnc2NN)CC1. The van der Waals surface area contributed by atoms with Crippen molar-refractivity contribution >= 4 is 15.8 Å². The number of piperidine rings is 1. The van der Waals surface area contributed by atoms with Gasteiger partial charge in [-0.1, -0.05) is 0 Å². The number of hydrogen-bond acceptors (Lipinski definition) is 6. The first kappa shape index (κ1) is 16.2. The van der Waals surface area contributed by atoms with Gasteiger partial charge < -0.3 is 10.3 Å². The van der Waals surface area contributed by atoms with Gasteiger partial charge in [0, 0.05) is 19.8 Å². The molecule has 0 radical (unpaired) electrons. The van der Waals surface area contributed by atoms with Crippen molar-refractivity contribution in [3.63, 3.8) is 0 Å². The van der Waals surface area contributed by atoms with Crippen LogP contribution in [-0.4, -0.2) is 56.3 Å². The van der Waals surface area contributed by atoms with Crippen molar-refractivity contribution in [2.45, 2.75) is 17.7 Å². The van der Waals surface area contributed by atoms with E-state index in [1.807, 2.05) is 0 Å². The molecule has 0 bridgehead atoms. The molecule has 0 atom stereocenters. The van der Waals surface area contributed by atoms with E-state index in [2.05, 4.69) is 22.4 Å². The van der Waals surface area contributed by atoms with Crippen LogP contribution in [0.3, 0.4) is 0 Å². The lowest BCUT2D eigenvalue weighted by Gasteiger charge is -2.31. The summed E-state index contributed by atoms with van der Waals surface area (Å²) in [5.41, 5.74) is 2.34. The van der Waals surface area contributed by atoms with Crippen LogP contribution in [0.25, 0.3) is 0 Å². The number of rotatable bonds is 5. The first-order valence-electron chi connectivity index (χ1n) is 7.01. The van der Waals surface area contributed by atoms with Crippen molar-refractivity contribution in [2.24, 2.45) is 11.8 Å². The molecule has 0 amide bonds. The van der Waals surface area contributed by atoms with Gasteiger partial charge in [-0.15, -0.1) is 0 Å². The van der Waals surface area contributed by atoms with Gasteiger partial charge in [-0.3, -0.25) is 0 Å². The molecule has 1 aromatic rings. The molecule has 8 heteroatoms. The molecule has 0 aromatic carbocycles. The molecule has 1 fully saturated rings. The maximum atomic E-state index is 12.6. The molecule has 1 aliphatic heterocycles. The van der Waals surface area contributed by atoms with E-state index in [0.717, 1.165) is 25.9 Å². The first-order valence-corrected chi connectivity index (χ1v) is 8.45. The summed E-state index contributed by atoms with van der Waals surface area (Å²) < 4.78 is 26.7. The Morgan fingerprint density at radius 3 is 2.76 bits per heavy atom. The second kappa shape index (κ2) is 6.69. The Balaban J connectivity index is 2.11.